The molecule has 1 heterocycles. The summed E-state index contributed by atoms with van der Waals surface area (Å²) in [5, 5.41) is 0. The highest BCUT2D eigenvalue weighted by molar-refractivity contribution is 5.64. The first-order valence-corrected chi connectivity index (χ1v) is 5.46. The fraction of sp³-hybridized carbons (Fsp3) is 0.500. The van der Waals surface area contributed by atoms with E-state index in [-0.39, 0.29) is 0 Å². The molecule has 1 aliphatic rings. The molecular formula is C12H18N2O2. The van der Waals surface area contributed by atoms with E-state index in [1.54, 1.807) is 14.2 Å². The quantitative estimate of drug-likeness (QED) is 0.787. The highest BCUT2D eigenvalue weighted by Crippen LogP contribution is 2.32. The molecule has 4 nitrogen and oxygen atoms in total. The first kappa shape index (κ1) is 11.1. The third kappa shape index (κ3) is 2.07. The largest absolute Gasteiger partial charge is 0.495 e. The first-order valence-electron chi connectivity index (χ1n) is 5.46. The second-order valence-electron chi connectivity index (χ2n) is 4.02. The van der Waals surface area contributed by atoms with Crippen LogP contribution in [-0.2, 0) is 4.74 Å². The van der Waals surface area contributed by atoms with Gasteiger partial charge in [0, 0.05) is 32.0 Å². The number of nitrogens with two attached hydrogens (primary N) is 1. The van der Waals surface area contributed by atoms with Gasteiger partial charge in [-0.25, -0.2) is 0 Å². The fourth-order valence-corrected chi connectivity index (χ4v) is 2.09. The minimum absolute atomic E-state index is 0.322. The lowest BCUT2D eigenvalue weighted by Crippen LogP contribution is -2.22. The monoisotopic (exact) mass is 222 g/mol. The van der Waals surface area contributed by atoms with Crippen LogP contribution in [-0.4, -0.2) is 33.4 Å². The molecule has 0 radical (unpaired) electrons. The lowest BCUT2D eigenvalue weighted by atomic mass is 10.2. The number of hydrogen-bond acceptors (Lipinski definition) is 4. The zero-order chi connectivity index (χ0) is 11.5. The predicted octanol–water partition coefficient (Wildman–Crippen LogP) is 1.50. The van der Waals surface area contributed by atoms with Crippen molar-refractivity contribution in [3.63, 3.8) is 0 Å². The molecule has 1 fully saturated rings. The Bertz CT molecular complexity index is 368. The zero-order valence-corrected chi connectivity index (χ0v) is 9.77. The first-order chi connectivity index (χ1) is 7.74. The van der Waals surface area contributed by atoms with E-state index in [1.807, 2.05) is 18.2 Å². The standard InChI is InChI=1S/C12H18N2O2/c1-15-10-5-6-14(8-10)11-4-3-9(13)7-12(11)16-2/h3-4,7,10H,5-6,8,13H2,1-2H3/t10-/m0/s1. The van der Waals surface area contributed by atoms with Crippen molar-refractivity contribution in [2.45, 2.75) is 12.5 Å². The summed E-state index contributed by atoms with van der Waals surface area (Å²) in [4.78, 5) is 2.27. The van der Waals surface area contributed by atoms with Gasteiger partial charge in [-0.15, -0.1) is 0 Å². The number of rotatable bonds is 3. The Balaban J connectivity index is 2.20. The summed E-state index contributed by atoms with van der Waals surface area (Å²) in [5.74, 6) is 0.830. The molecule has 0 aromatic heterocycles. The number of benzene rings is 1. The van der Waals surface area contributed by atoms with Gasteiger partial charge in [0.25, 0.3) is 0 Å². The van der Waals surface area contributed by atoms with Crippen LogP contribution < -0.4 is 15.4 Å². The Kier molecular flexibility index (Phi) is 3.19. The highest BCUT2D eigenvalue weighted by Gasteiger charge is 2.24. The summed E-state index contributed by atoms with van der Waals surface area (Å²) < 4.78 is 10.7. The van der Waals surface area contributed by atoms with Crippen LogP contribution in [0.1, 0.15) is 6.42 Å². The van der Waals surface area contributed by atoms with Crippen LogP contribution in [0.15, 0.2) is 18.2 Å². The Labute approximate surface area is 95.9 Å². The number of nitrogens with zero attached hydrogens (tertiary/aromatic N) is 1. The van der Waals surface area contributed by atoms with Gasteiger partial charge in [0.05, 0.1) is 18.9 Å². The second-order valence-corrected chi connectivity index (χ2v) is 4.02. The van der Waals surface area contributed by atoms with Crippen molar-refractivity contribution < 1.29 is 9.47 Å². The van der Waals surface area contributed by atoms with Crippen LogP contribution in [0.3, 0.4) is 0 Å². The van der Waals surface area contributed by atoms with E-state index in [4.69, 9.17) is 15.2 Å². The van der Waals surface area contributed by atoms with Crippen LogP contribution in [0.2, 0.25) is 0 Å². The van der Waals surface area contributed by atoms with Gasteiger partial charge in [0.15, 0.2) is 0 Å². The summed E-state index contributed by atoms with van der Waals surface area (Å²) in [6.07, 6.45) is 1.38. The van der Waals surface area contributed by atoms with Crippen molar-refractivity contribution >= 4 is 11.4 Å². The molecule has 2 N–H and O–H groups in total. The van der Waals surface area contributed by atoms with Crippen molar-refractivity contribution in [3.8, 4) is 5.75 Å². The molecule has 1 aliphatic heterocycles. The maximum atomic E-state index is 5.73. The van der Waals surface area contributed by atoms with Gasteiger partial charge in [0.2, 0.25) is 0 Å². The number of hydrogen-bond donors (Lipinski definition) is 1. The van der Waals surface area contributed by atoms with Crippen LogP contribution in [0.25, 0.3) is 0 Å². The molecule has 0 saturated carbocycles. The number of anilines is 2. The topological polar surface area (TPSA) is 47.7 Å². The van der Waals surface area contributed by atoms with Crippen molar-refractivity contribution in [1.82, 2.24) is 0 Å². The normalized spacial score (nSPS) is 20.1. The Hall–Kier alpha value is -1.42. The maximum Gasteiger partial charge on any atom is 0.144 e. The average molecular weight is 222 g/mol. The van der Waals surface area contributed by atoms with E-state index >= 15 is 0 Å². The van der Waals surface area contributed by atoms with E-state index < -0.39 is 0 Å². The van der Waals surface area contributed by atoms with Crippen molar-refractivity contribution in [1.29, 1.82) is 0 Å². The second kappa shape index (κ2) is 4.61. The van der Waals surface area contributed by atoms with Gasteiger partial charge < -0.3 is 20.1 Å². The van der Waals surface area contributed by atoms with Crippen LogP contribution in [0, 0.1) is 0 Å². The highest BCUT2D eigenvalue weighted by atomic mass is 16.5. The van der Waals surface area contributed by atoms with Crippen LogP contribution in [0.4, 0.5) is 11.4 Å². The summed E-state index contributed by atoms with van der Waals surface area (Å²) in [6, 6.07) is 5.76. The molecule has 2 rings (SSSR count). The third-order valence-electron chi connectivity index (χ3n) is 3.02. The maximum absolute atomic E-state index is 5.73. The molecule has 1 saturated heterocycles. The number of methoxy groups -OCH3 is 2. The van der Waals surface area contributed by atoms with Gasteiger partial charge in [-0.05, 0) is 18.6 Å². The molecular weight excluding hydrogens is 204 g/mol. The number of ether oxygens (including phenoxy) is 2. The van der Waals surface area contributed by atoms with E-state index in [1.165, 1.54) is 0 Å². The fourth-order valence-electron chi connectivity index (χ4n) is 2.09. The van der Waals surface area contributed by atoms with E-state index in [0.29, 0.717) is 6.10 Å². The average Bonchev–Trinajstić information content (AvgIpc) is 2.77. The minimum Gasteiger partial charge on any atom is -0.495 e. The van der Waals surface area contributed by atoms with Crippen LogP contribution >= 0.6 is 0 Å². The minimum atomic E-state index is 0.322. The van der Waals surface area contributed by atoms with Crippen LogP contribution in [0.5, 0.6) is 5.75 Å². The smallest absolute Gasteiger partial charge is 0.144 e. The Morgan fingerprint density at radius 2 is 2.19 bits per heavy atom. The molecule has 16 heavy (non-hydrogen) atoms. The van der Waals surface area contributed by atoms with Gasteiger partial charge in [-0.3, -0.25) is 0 Å². The van der Waals surface area contributed by atoms with Gasteiger partial charge in [0.1, 0.15) is 5.75 Å². The van der Waals surface area contributed by atoms with Gasteiger partial charge in [-0.2, -0.15) is 0 Å². The lowest BCUT2D eigenvalue weighted by molar-refractivity contribution is 0.121. The zero-order valence-electron chi connectivity index (χ0n) is 9.77. The molecule has 0 amide bonds. The molecule has 1 aromatic carbocycles. The van der Waals surface area contributed by atoms with E-state index in [9.17, 15) is 0 Å². The SMILES string of the molecule is COc1cc(N)ccc1N1CC[C@H](OC)C1. The molecule has 1 atom stereocenters. The molecule has 0 aliphatic carbocycles. The van der Waals surface area contributed by atoms with Gasteiger partial charge >= 0.3 is 0 Å². The molecule has 4 heteroatoms. The summed E-state index contributed by atoms with van der Waals surface area (Å²) in [5.41, 5.74) is 7.55. The molecule has 0 spiro atoms. The Morgan fingerprint density at radius 3 is 2.81 bits per heavy atom. The number of nitrogen functional groups attached to an aromatic ring is 1. The van der Waals surface area contributed by atoms with Gasteiger partial charge in [-0.1, -0.05) is 0 Å². The molecule has 1 aromatic rings. The molecule has 0 bridgehead atoms. The summed E-state index contributed by atoms with van der Waals surface area (Å²) in [6.45, 7) is 1.91. The summed E-state index contributed by atoms with van der Waals surface area (Å²) in [7, 11) is 3.43. The van der Waals surface area contributed by atoms with Crippen molar-refractivity contribution in [2.24, 2.45) is 0 Å². The summed E-state index contributed by atoms with van der Waals surface area (Å²) >= 11 is 0. The Morgan fingerprint density at radius 1 is 1.38 bits per heavy atom. The van der Waals surface area contributed by atoms with E-state index in [2.05, 4.69) is 4.90 Å². The molecule has 88 valence electrons. The van der Waals surface area contributed by atoms with E-state index in [0.717, 1.165) is 36.6 Å². The van der Waals surface area contributed by atoms with Crippen molar-refractivity contribution in [3.05, 3.63) is 18.2 Å². The lowest BCUT2D eigenvalue weighted by Gasteiger charge is -2.21. The third-order valence-corrected chi connectivity index (χ3v) is 3.02. The molecule has 0 unspecified atom stereocenters. The van der Waals surface area contributed by atoms with Crippen molar-refractivity contribution in [2.75, 3.05) is 37.9 Å². The predicted molar refractivity (Wildman–Crippen MR) is 65.0 cm³/mol.